The van der Waals surface area contributed by atoms with E-state index in [2.05, 4.69) is 29.2 Å². The third-order valence-electron chi connectivity index (χ3n) is 4.29. The second kappa shape index (κ2) is 6.20. The summed E-state index contributed by atoms with van der Waals surface area (Å²) in [7, 11) is 0. The zero-order valence-electron chi connectivity index (χ0n) is 13.5. The molecule has 5 aromatic rings. The maximum atomic E-state index is 11.6. The lowest BCUT2D eigenvalue weighted by Gasteiger charge is -2.07. The first kappa shape index (κ1) is 15.5. The third kappa shape index (κ3) is 2.57. The zero-order chi connectivity index (χ0) is 17.5. The largest absolute Gasteiger partial charge is 0.298 e. The minimum Gasteiger partial charge on any atom is -0.298 e. The van der Waals surface area contributed by atoms with Crippen molar-refractivity contribution in [2.75, 3.05) is 0 Å². The Bertz CT molecular complexity index is 1260. The summed E-state index contributed by atoms with van der Waals surface area (Å²) in [5.41, 5.74) is 2.48. The molecular formula is C21H12N2OS2. The molecular weight excluding hydrogens is 360 g/mol. The average molecular weight is 372 g/mol. The molecule has 0 radical (unpaired) electrons. The number of carbonyl (C=O) groups excluding carboxylic acids is 1. The van der Waals surface area contributed by atoms with Gasteiger partial charge in [0, 0.05) is 16.3 Å². The van der Waals surface area contributed by atoms with E-state index in [0.29, 0.717) is 10.6 Å². The Balaban J connectivity index is 1.69. The van der Waals surface area contributed by atoms with Gasteiger partial charge in [-0.3, -0.25) is 4.79 Å². The summed E-state index contributed by atoms with van der Waals surface area (Å²) >= 11 is 3.07. The highest BCUT2D eigenvalue weighted by molar-refractivity contribution is 8.01. The molecule has 0 aliphatic rings. The third-order valence-corrected chi connectivity index (χ3v) is 6.41. The number of thiazole rings is 1. The molecule has 0 saturated heterocycles. The number of carbonyl (C=O) groups is 1. The van der Waals surface area contributed by atoms with Gasteiger partial charge in [-0.15, -0.1) is 11.3 Å². The molecule has 124 valence electrons. The quantitative estimate of drug-likeness (QED) is 0.289. The summed E-state index contributed by atoms with van der Waals surface area (Å²) in [6.45, 7) is 0. The number of aldehydes is 1. The molecule has 0 aliphatic carbocycles. The van der Waals surface area contributed by atoms with Gasteiger partial charge in [-0.2, -0.15) is 0 Å². The van der Waals surface area contributed by atoms with Crippen LogP contribution < -0.4 is 0 Å². The van der Waals surface area contributed by atoms with Gasteiger partial charge in [-0.05, 0) is 35.3 Å². The van der Waals surface area contributed by atoms with Crippen LogP contribution in [0, 0.1) is 0 Å². The summed E-state index contributed by atoms with van der Waals surface area (Å²) in [6, 6.07) is 22.2. The van der Waals surface area contributed by atoms with E-state index in [4.69, 9.17) is 4.98 Å². The molecule has 2 heterocycles. The Morgan fingerprint density at radius 2 is 1.69 bits per heavy atom. The summed E-state index contributed by atoms with van der Waals surface area (Å²) in [5, 5.41) is 3.90. The molecule has 2 aromatic heterocycles. The number of aromatic nitrogens is 2. The SMILES string of the molecule is O=Cc1cc2ccc3ccccc3c2nc1Sc1nc2ccccc2s1. The molecule has 0 fully saturated rings. The Kier molecular flexibility index (Phi) is 3.69. The van der Waals surface area contributed by atoms with Gasteiger partial charge in [0.15, 0.2) is 10.6 Å². The summed E-state index contributed by atoms with van der Waals surface area (Å²) < 4.78 is 2.02. The van der Waals surface area contributed by atoms with E-state index in [1.54, 1.807) is 11.3 Å². The van der Waals surface area contributed by atoms with Gasteiger partial charge in [-0.25, -0.2) is 9.97 Å². The number of para-hydroxylation sites is 1. The molecule has 0 bridgehead atoms. The summed E-state index contributed by atoms with van der Waals surface area (Å²) in [4.78, 5) is 21.1. The minimum absolute atomic E-state index is 0.594. The molecule has 0 unspecified atom stereocenters. The topological polar surface area (TPSA) is 42.9 Å². The van der Waals surface area contributed by atoms with Crippen LogP contribution in [-0.4, -0.2) is 16.3 Å². The average Bonchev–Trinajstić information content (AvgIpc) is 3.09. The maximum absolute atomic E-state index is 11.6. The van der Waals surface area contributed by atoms with Gasteiger partial charge in [0.2, 0.25) is 0 Å². The smallest absolute Gasteiger partial charge is 0.157 e. The summed E-state index contributed by atoms with van der Waals surface area (Å²) in [5.74, 6) is 0. The molecule has 0 amide bonds. The van der Waals surface area contributed by atoms with Gasteiger partial charge in [0.1, 0.15) is 5.03 Å². The standard InChI is InChI=1S/C21H12N2OS2/c24-12-15-11-14-10-9-13-5-1-2-6-16(13)19(14)23-20(15)26-21-22-17-7-3-4-8-18(17)25-21/h1-12H. The van der Waals surface area contributed by atoms with Crippen molar-refractivity contribution in [3.63, 3.8) is 0 Å². The lowest BCUT2D eigenvalue weighted by molar-refractivity contribution is 0.112. The van der Waals surface area contributed by atoms with Crippen LogP contribution in [0.4, 0.5) is 0 Å². The molecule has 26 heavy (non-hydrogen) atoms. The van der Waals surface area contributed by atoms with Crippen molar-refractivity contribution in [1.29, 1.82) is 0 Å². The van der Waals surface area contributed by atoms with Gasteiger partial charge in [-0.1, -0.05) is 48.5 Å². The van der Waals surface area contributed by atoms with Gasteiger partial charge in [0.05, 0.1) is 15.7 Å². The van der Waals surface area contributed by atoms with Crippen LogP contribution in [0.15, 0.2) is 76.1 Å². The van der Waals surface area contributed by atoms with Crippen LogP contribution in [0.3, 0.4) is 0 Å². The number of benzene rings is 3. The number of hydrogen-bond acceptors (Lipinski definition) is 5. The van der Waals surface area contributed by atoms with Crippen LogP contribution >= 0.6 is 23.1 Å². The van der Waals surface area contributed by atoms with Crippen molar-refractivity contribution in [2.24, 2.45) is 0 Å². The Hall–Kier alpha value is -2.76. The fourth-order valence-corrected chi connectivity index (χ4v) is 5.09. The molecule has 0 atom stereocenters. The monoisotopic (exact) mass is 372 g/mol. The first-order valence-corrected chi connectivity index (χ1v) is 9.76. The van der Waals surface area contributed by atoms with E-state index in [9.17, 15) is 4.79 Å². The van der Waals surface area contributed by atoms with Crippen molar-refractivity contribution in [2.45, 2.75) is 9.37 Å². The Labute approximate surface area is 157 Å². The molecule has 5 rings (SSSR count). The van der Waals surface area contributed by atoms with E-state index < -0.39 is 0 Å². The summed E-state index contributed by atoms with van der Waals surface area (Å²) in [6.07, 6.45) is 0.872. The van der Waals surface area contributed by atoms with E-state index in [1.807, 2.05) is 42.5 Å². The number of pyridine rings is 1. The Morgan fingerprint density at radius 3 is 2.58 bits per heavy atom. The normalized spacial score (nSPS) is 11.4. The first-order valence-electron chi connectivity index (χ1n) is 8.13. The molecule has 3 aromatic carbocycles. The van der Waals surface area contributed by atoms with Gasteiger partial charge >= 0.3 is 0 Å². The number of rotatable bonds is 3. The van der Waals surface area contributed by atoms with Crippen LogP contribution in [0.25, 0.3) is 31.9 Å². The maximum Gasteiger partial charge on any atom is 0.157 e. The van der Waals surface area contributed by atoms with Crippen molar-refractivity contribution < 1.29 is 4.79 Å². The van der Waals surface area contributed by atoms with Crippen molar-refractivity contribution >= 4 is 61.3 Å². The molecule has 0 N–H and O–H groups in total. The fourth-order valence-electron chi connectivity index (χ4n) is 3.05. The van der Waals surface area contributed by atoms with Crippen molar-refractivity contribution in [3.8, 4) is 0 Å². The first-order chi connectivity index (χ1) is 12.8. The second-order valence-corrected chi connectivity index (χ2v) is 8.18. The predicted octanol–water partition coefficient (Wildman–Crippen LogP) is 5.96. The number of fused-ring (bicyclic) bond motifs is 4. The number of nitrogens with zero attached hydrogens (tertiary/aromatic N) is 2. The van der Waals surface area contributed by atoms with Crippen molar-refractivity contribution in [3.05, 3.63) is 72.3 Å². The predicted molar refractivity (Wildman–Crippen MR) is 108 cm³/mol. The minimum atomic E-state index is 0.594. The van der Waals surface area contributed by atoms with Crippen molar-refractivity contribution in [1.82, 2.24) is 9.97 Å². The van der Waals surface area contributed by atoms with E-state index in [1.165, 1.54) is 11.8 Å². The molecule has 5 heteroatoms. The molecule has 0 saturated carbocycles. The van der Waals surface area contributed by atoms with Crippen LogP contribution in [0.1, 0.15) is 10.4 Å². The van der Waals surface area contributed by atoms with E-state index in [-0.39, 0.29) is 0 Å². The highest BCUT2D eigenvalue weighted by Gasteiger charge is 2.13. The molecule has 3 nitrogen and oxygen atoms in total. The van der Waals surface area contributed by atoms with Crippen LogP contribution in [0.2, 0.25) is 0 Å². The zero-order valence-corrected chi connectivity index (χ0v) is 15.2. The fraction of sp³-hybridized carbons (Fsp3) is 0. The van der Waals surface area contributed by atoms with Crippen LogP contribution in [-0.2, 0) is 0 Å². The second-order valence-electron chi connectivity index (χ2n) is 5.91. The number of hydrogen-bond donors (Lipinski definition) is 0. The highest BCUT2D eigenvalue weighted by atomic mass is 32.2. The highest BCUT2D eigenvalue weighted by Crippen LogP contribution is 2.36. The Morgan fingerprint density at radius 1 is 0.885 bits per heavy atom. The lowest BCUT2D eigenvalue weighted by Crippen LogP contribution is -1.92. The molecule has 0 spiro atoms. The molecule has 0 aliphatic heterocycles. The van der Waals surface area contributed by atoms with Gasteiger partial charge in [0.25, 0.3) is 0 Å². The van der Waals surface area contributed by atoms with Crippen LogP contribution in [0.5, 0.6) is 0 Å². The van der Waals surface area contributed by atoms with E-state index >= 15 is 0 Å². The van der Waals surface area contributed by atoms with Gasteiger partial charge < -0.3 is 0 Å². The lowest BCUT2D eigenvalue weighted by atomic mass is 10.1. The van der Waals surface area contributed by atoms with E-state index in [0.717, 1.165) is 42.5 Å².